The van der Waals surface area contributed by atoms with Crippen molar-refractivity contribution >= 4 is 22.4 Å². The van der Waals surface area contributed by atoms with Gasteiger partial charge in [-0.3, -0.25) is 9.48 Å². The SMILES string of the molecule is Cc1cc(Nc2nn([C@@H](CC#N)C3CC3)c3cc[nH]c(=O)c23)ccc1[C@H](C(C)C)n1nccn1. The number of fused-ring (bicyclic) bond motifs is 1. The van der Waals surface area contributed by atoms with E-state index in [1.165, 1.54) is 0 Å². The lowest BCUT2D eigenvalue weighted by atomic mass is 9.93. The third-order valence-corrected chi connectivity index (χ3v) is 6.58. The summed E-state index contributed by atoms with van der Waals surface area (Å²) >= 11 is 0. The quantitative estimate of drug-likeness (QED) is 0.404. The number of aromatic nitrogens is 6. The summed E-state index contributed by atoms with van der Waals surface area (Å²) < 4.78 is 1.87. The maximum Gasteiger partial charge on any atom is 0.261 e. The van der Waals surface area contributed by atoms with Gasteiger partial charge in [0.1, 0.15) is 5.39 Å². The lowest BCUT2D eigenvalue weighted by molar-refractivity contribution is 0.363. The first-order valence-electron chi connectivity index (χ1n) is 11.7. The summed E-state index contributed by atoms with van der Waals surface area (Å²) in [6.07, 6.45) is 7.57. The summed E-state index contributed by atoms with van der Waals surface area (Å²) in [4.78, 5) is 17.3. The molecule has 5 rings (SSSR count). The molecule has 2 atom stereocenters. The summed E-state index contributed by atoms with van der Waals surface area (Å²) in [5.41, 5.74) is 3.63. The second-order valence-corrected chi connectivity index (χ2v) is 9.36. The van der Waals surface area contributed by atoms with E-state index in [1.54, 1.807) is 23.4 Å². The van der Waals surface area contributed by atoms with E-state index in [4.69, 9.17) is 5.10 Å². The molecule has 0 bridgehead atoms. The molecule has 9 nitrogen and oxygen atoms in total. The molecule has 2 N–H and O–H groups in total. The summed E-state index contributed by atoms with van der Waals surface area (Å²) in [7, 11) is 0. The minimum absolute atomic E-state index is 0.0252. The first-order chi connectivity index (χ1) is 16.5. The molecule has 1 saturated carbocycles. The Kier molecular flexibility index (Phi) is 5.65. The van der Waals surface area contributed by atoms with Crippen molar-refractivity contribution in [1.29, 1.82) is 5.26 Å². The van der Waals surface area contributed by atoms with Gasteiger partial charge in [-0.05, 0) is 60.9 Å². The van der Waals surface area contributed by atoms with Crippen molar-refractivity contribution in [3.8, 4) is 6.07 Å². The molecule has 4 aromatic rings. The van der Waals surface area contributed by atoms with Gasteiger partial charge in [-0.2, -0.15) is 25.4 Å². The minimum atomic E-state index is -0.198. The average molecular weight is 457 g/mol. The van der Waals surface area contributed by atoms with Crippen molar-refractivity contribution in [3.63, 3.8) is 0 Å². The highest BCUT2D eigenvalue weighted by atomic mass is 16.1. The van der Waals surface area contributed by atoms with Gasteiger partial charge in [0.25, 0.3) is 5.56 Å². The third kappa shape index (κ3) is 3.96. The molecule has 0 unspecified atom stereocenters. The molecule has 1 fully saturated rings. The Morgan fingerprint density at radius 3 is 2.65 bits per heavy atom. The van der Waals surface area contributed by atoms with Gasteiger partial charge in [0.05, 0.1) is 42.5 Å². The molecule has 1 aromatic carbocycles. The lowest BCUT2D eigenvalue weighted by Gasteiger charge is -2.23. The van der Waals surface area contributed by atoms with Crippen molar-refractivity contribution in [3.05, 3.63) is 64.3 Å². The fourth-order valence-electron chi connectivity index (χ4n) is 4.81. The lowest BCUT2D eigenvalue weighted by Crippen LogP contribution is -2.20. The van der Waals surface area contributed by atoms with Crippen molar-refractivity contribution in [2.75, 3.05) is 5.32 Å². The van der Waals surface area contributed by atoms with E-state index in [1.807, 2.05) is 16.8 Å². The molecule has 9 heteroatoms. The fraction of sp³-hybridized carbons (Fsp3) is 0.400. The summed E-state index contributed by atoms with van der Waals surface area (Å²) in [6, 6.07) is 10.3. The van der Waals surface area contributed by atoms with Crippen LogP contribution >= 0.6 is 0 Å². The second-order valence-electron chi connectivity index (χ2n) is 9.36. The van der Waals surface area contributed by atoms with Gasteiger partial charge >= 0.3 is 0 Å². The zero-order valence-corrected chi connectivity index (χ0v) is 19.6. The Bertz CT molecular complexity index is 1410. The Hall–Kier alpha value is -3.93. The number of aryl methyl sites for hydroxylation is 1. The summed E-state index contributed by atoms with van der Waals surface area (Å²) in [6.45, 7) is 6.38. The van der Waals surface area contributed by atoms with Crippen LogP contribution in [-0.2, 0) is 0 Å². The molecule has 3 aromatic heterocycles. The first-order valence-corrected chi connectivity index (χ1v) is 11.7. The molecule has 0 amide bonds. The zero-order valence-electron chi connectivity index (χ0n) is 19.6. The van der Waals surface area contributed by atoms with Crippen LogP contribution in [0.2, 0.25) is 0 Å². The average Bonchev–Trinajstić information content (AvgIpc) is 3.38. The van der Waals surface area contributed by atoms with Gasteiger partial charge in [0.15, 0.2) is 5.82 Å². The molecule has 0 radical (unpaired) electrons. The van der Waals surface area contributed by atoms with Crippen molar-refractivity contribution < 1.29 is 0 Å². The molecule has 0 aliphatic heterocycles. The van der Waals surface area contributed by atoms with E-state index >= 15 is 0 Å². The molecule has 34 heavy (non-hydrogen) atoms. The fourth-order valence-corrected chi connectivity index (χ4v) is 4.81. The molecule has 3 heterocycles. The van der Waals surface area contributed by atoms with Crippen molar-refractivity contribution in [2.45, 2.75) is 52.1 Å². The van der Waals surface area contributed by atoms with Crippen molar-refractivity contribution in [2.24, 2.45) is 11.8 Å². The molecule has 0 spiro atoms. The van der Waals surface area contributed by atoms with E-state index in [-0.39, 0.29) is 17.6 Å². The summed E-state index contributed by atoms with van der Waals surface area (Å²) in [5.74, 6) is 1.24. The largest absolute Gasteiger partial charge is 0.338 e. The number of nitrogens with one attached hydrogen (secondary N) is 2. The van der Waals surface area contributed by atoms with Crippen molar-refractivity contribution in [1.82, 2.24) is 29.8 Å². The van der Waals surface area contributed by atoms with Crippen LogP contribution in [0.5, 0.6) is 0 Å². The van der Waals surface area contributed by atoms with Gasteiger partial charge in [0.2, 0.25) is 0 Å². The number of H-pyrrole nitrogens is 1. The molecule has 174 valence electrons. The summed E-state index contributed by atoms with van der Waals surface area (Å²) in [5, 5.41) is 26.7. The predicted molar refractivity (Wildman–Crippen MR) is 130 cm³/mol. The Morgan fingerprint density at radius 1 is 1.24 bits per heavy atom. The van der Waals surface area contributed by atoms with Crippen LogP contribution < -0.4 is 10.9 Å². The number of pyridine rings is 1. The number of nitrogens with zero attached hydrogens (tertiary/aromatic N) is 6. The van der Waals surface area contributed by atoms with Gasteiger partial charge in [-0.15, -0.1) is 0 Å². The van der Waals surface area contributed by atoms with Crippen LogP contribution in [0.25, 0.3) is 10.9 Å². The third-order valence-electron chi connectivity index (χ3n) is 6.58. The van der Waals surface area contributed by atoms with Crippen LogP contribution in [-0.4, -0.2) is 29.8 Å². The highest BCUT2D eigenvalue weighted by Crippen LogP contribution is 2.43. The number of hydrogen-bond acceptors (Lipinski definition) is 6. The standard InChI is InChI=1S/C25H28N8O/c1-15(2)23(33-28-12-13-29-33)19-7-6-18(14-16(19)3)30-24-22-21(9-11-27-25(22)34)32(31-24)20(8-10-26)17-4-5-17/h6-7,9,11-15,17,20,23H,4-5,8H2,1-3H3,(H,27,34)(H,30,31)/t20-,23-/m0/s1. The van der Waals surface area contributed by atoms with E-state index in [0.717, 1.165) is 35.2 Å². The van der Waals surface area contributed by atoms with Crippen LogP contribution in [0, 0.1) is 30.1 Å². The number of hydrogen-bond donors (Lipinski definition) is 2. The number of anilines is 2. The molecular weight excluding hydrogens is 428 g/mol. The Balaban J connectivity index is 1.52. The zero-order chi connectivity index (χ0) is 23.8. The molecule has 0 saturated heterocycles. The molecule has 1 aliphatic rings. The Morgan fingerprint density at radius 2 is 2.00 bits per heavy atom. The van der Waals surface area contributed by atoms with Crippen LogP contribution in [0.3, 0.4) is 0 Å². The minimum Gasteiger partial charge on any atom is -0.338 e. The maximum absolute atomic E-state index is 12.8. The van der Waals surface area contributed by atoms with E-state index < -0.39 is 0 Å². The highest BCUT2D eigenvalue weighted by molar-refractivity contribution is 5.91. The monoisotopic (exact) mass is 456 g/mol. The van der Waals surface area contributed by atoms with Gasteiger partial charge < -0.3 is 10.3 Å². The van der Waals surface area contributed by atoms with E-state index in [0.29, 0.717) is 29.5 Å². The van der Waals surface area contributed by atoms with E-state index in [9.17, 15) is 10.1 Å². The van der Waals surface area contributed by atoms with Gasteiger partial charge in [0, 0.05) is 11.9 Å². The maximum atomic E-state index is 12.8. The van der Waals surface area contributed by atoms with Crippen LogP contribution in [0.4, 0.5) is 11.5 Å². The molecular formula is C25H28N8O. The van der Waals surface area contributed by atoms with Gasteiger partial charge in [-0.25, -0.2) is 0 Å². The normalized spacial score (nSPS) is 15.4. The van der Waals surface area contributed by atoms with Crippen LogP contribution in [0.15, 0.2) is 47.7 Å². The number of nitriles is 1. The first kappa shape index (κ1) is 21.9. The van der Waals surface area contributed by atoms with E-state index in [2.05, 4.69) is 59.5 Å². The number of benzene rings is 1. The predicted octanol–water partition coefficient (Wildman–Crippen LogP) is 4.48. The van der Waals surface area contributed by atoms with Crippen LogP contribution in [0.1, 0.15) is 56.3 Å². The van der Waals surface area contributed by atoms with Gasteiger partial charge in [-0.1, -0.05) is 19.9 Å². The Labute approximate surface area is 197 Å². The smallest absolute Gasteiger partial charge is 0.261 e. The molecule has 1 aliphatic carbocycles. The number of aromatic amines is 1. The number of rotatable bonds is 8. The topological polar surface area (TPSA) is 117 Å². The highest BCUT2D eigenvalue weighted by Gasteiger charge is 2.34. The second kappa shape index (κ2) is 8.78.